The van der Waals surface area contributed by atoms with E-state index in [9.17, 15) is 5.11 Å². The van der Waals surface area contributed by atoms with Gasteiger partial charge in [0.05, 0.1) is 37.9 Å². The lowest BCUT2D eigenvalue weighted by Gasteiger charge is -2.27. The van der Waals surface area contributed by atoms with Crippen LogP contribution in [0.15, 0.2) is 16.6 Å². The smallest absolute Gasteiger partial charge is 0.136 e. The molecule has 1 aromatic rings. The highest BCUT2D eigenvalue weighted by atomic mass is 79.9. The van der Waals surface area contributed by atoms with Gasteiger partial charge >= 0.3 is 0 Å². The van der Waals surface area contributed by atoms with Crippen molar-refractivity contribution in [3.63, 3.8) is 0 Å². The van der Waals surface area contributed by atoms with Gasteiger partial charge in [0, 0.05) is 24.5 Å². The molecule has 0 aromatic heterocycles. The van der Waals surface area contributed by atoms with Gasteiger partial charge in [-0.25, -0.2) is 0 Å². The third-order valence-electron chi connectivity index (χ3n) is 3.66. The number of halogens is 1. The standard InChI is InChI=1S/C14H20BrNO3/c1-18-13-8-14(19-2)12(15)7-10(13)9-16-5-3-11(17)4-6-16/h7-8,11,17H,3-6,9H2,1-2H3/p+1. The zero-order valence-electron chi connectivity index (χ0n) is 11.4. The topological polar surface area (TPSA) is 43.1 Å². The molecule has 0 unspecified atom stereocenters. The first kappa shape index (κ1) is 14.6. The molecule has 1 aliphatic heterocycles. The Morgan fingerprint density at radius 1 is 1.21 bits per heavy atom. The van der Waals surface area contributed by atoms with Gasteiger partial charge in [-0.05, 0) is 22.0 Å². The van der Waals surface area contributed by atoms with Crippen molar-refractivity contribution >= 4 is 15.9 Å². The molecule has 1 heterocycles. The maximum Gasteiger partial charge on any atom is 0.136 e. The molecule has 1 aromatic carbocycles. The van der Waals surface area contributed by atoms with Gasteiger partial charge in [0.2, 0.25) is 0 Å². The molecule has 19 heavy (non-hydrogen) atoms. The lowest BCUT2D eigenvalue weighted by Crippen LogP contribution is -3.12. The summed E-state index contributed by atoms with van der Waals surface area (Å²) in [5.74, 6) is 1.64. The summed E-state index contributed by atoms with van der Waals surface area (Å²) in [6.45, 7) is 2.93. The Morgan fingerprint density at radius 3 is 2.42 bits per heavy atom. The van der Waals surface area contributed by atoms with Crippen LogP contribution in [0.4, 0.5) is 0 Å². The van der Waals surface area contributed by atoms with E-state index in [4.69, 9.17) is 9.47 Å². The molecule has 0 aliphatic carbocycles. The molecule has 0 atom stereocenters. The lowest BCUT2D eigenvalue weighted by molar-refractivity contribution is -0.919. The van der Waals surface area contributed by atoms with Gasteiger partial charge in [0.15, 0.2) is 0 Å². The predicted molar refractivity (Wildman–Crippen MR) is 76.9 cm³/mol. The van der Waals surface area contributed by atoms with Crippen molar-refractivity contribution in [2.45, 2.75) is 25.5 Å². The third kappa shape index (κ3) is 3.61. The third-order valence-corrected chi connectivity index (χ3v) is 4.28. The zero-order valence-corrected chi connectivity index (χ0v) is 13.0. The van der Waals surface area contributed by atoms with E-state index in [-0.39, 0.29) is 6.10 Å². The number of rotatable bonds is 4. The van der Waals surface area contributed by atoms with Crippen LogP contribution >= 0.6 is 15.9 Å². The predicted octanol–water partition coefficient (Wildman–Crippen LogP) is 1.01. The van der Waals surface area contributed by atoms with Crippen LogP contribution in [0.25, 0.3) is 0 Å². The van der Waals surface area contributed by atoms with Crippen LogP contribution in [0, 0.1) is 0 Å². The minimum Gasteiger partial charge on any atom is -0.496 e. The molecule has 0 amide bonds. The Balaban J connectivity index is 2.13. The highest BCUT2D eigenvalue weighted by molar-refractivity contribution is 9.10. The number of methoxy groups -OCH3 is 2. The van der Waals surface area contributed by atoms with Crippen molar-refractivity contribution in [3.8, 4) is 11.5 Å². The van der Waals surface area contributed by atoms with Crippen molar-refractivity contribution in [2.24, 2.45) is 0 Å². The molecule has 2 rings (SSSR count). The first-order chi connectivity index (χ1) is 9.13. The lowest BCUT2D eigenvalue weighted by atomic mass is 10.1. The quantitative estimate of drug-likeness (QED) is 0.865. The summed E-state index contributed by atoms with van der Waals surface area (Å²) >= 11 is 3.52. The van der Waals surface area contributed by atoms with Crippen molar-refractivity contribution in [3.05, 3.63) is 22.2 Å². The minimum atomic E-state index is -0.117. The molecule has 0 bridgehead atoms. The first-order valence-corrected chi connectivity index (χ1v) is 7.35. The summed E-state index contributed by atoms with van der Waals surface area (Å²) in [4.78, 5) is 1.49. The molecular formula is C14H21BrNO3+. The molecule has 1 saturated heterocycles. The van der Waals surface area contributed by atoms with Gasteiger partial charge in [0.25, 0.3) is 0 Å². The Labute approximate surface area is 122 Å². The van der Waals surface area contributed by atoms with Crippen molar-refractivity contribution in [2.75, 3.05) is 27.3 Å². The van der Waals surface area contributed by atoms with Crippen LogP contribution in [0.5, 0.6) is 11.5 Å². The molecule has 0 saturated carbocycles. The van der Waals surface area contributed by atoms with E-state index in [1.807, 2.05) is 6.07 Å². The monoisotopic (exact) mass is 330 g/mol. The fourth-order valence-corrected chi connectivity index (χ4v) is 3.07. The molecular weight excluding hydrogens is 310 g/mol. The van der Waals surface area contributed by atoms with Crippen LogP contribution in [0.2, 0.25) is 0 Å². The first-order valence-electron chi connectivity index (χ1n) is 6.56. The van der Waals surface area contributed by atoms with Crippen LogP contribution in [0.3, 0.4) is 0 Å². The van der Waals surface area contributed by atoms with Gasteiger partial charge in [-0.15, -0.1) is 0 Å². The fraction of sp³-hybridized carbons (Fsp3) is 0.571. The van der Waals surface area contributed by atoms with Crippen LogP contribution in [-0.4, -0.2) is 38.5 Å². The Kier molecular flexibility index (Phi) is 5.07. The highest BCUT2D eigenvalue weighted by Crippen LogP contribution is 2.32. The highest BCUT2D eigenvalue weighted by Gasteiger charge is 2.22. The number of piperidine rings is 1. The van der Waals surface area contributed by atoms with E-state index in [1.165, 1.54) is 10.5 Å². The van der Waals surface area contributed by atoms with Crippen LogP contribution in [0.1, 0.15) is 18.4 Å². The number of hydrogen-bond acceptors (Lipinski definition) is 3. The molecule has 2 N–H and O–H groups in total. The largest absolute Gasteiger partial charge is 0.496 e. The van der Waals surface area contributed by atoms with Crippen LogP contribution < -0.4 is 14.4 Å². The number of nitrogens with one attached hydrogen (secondary N) is 1. The number of hydrogen-bond donors (Lipinski definition) is 2. The van der Waals surface area contributed by atoms with Crippen LogP contribution in [-0.2, 0) is 6.54 Å². The van der Waals surface area contributed by atoms with Gasteiger partial charge < -0.3 is 19.5 Å². The van der Waals surface area contributed by atoms with Gasteiger partial charge in [-0.2, -0.15) is 0 Å². The summed E-state index contributed by atoms with van der Waals surface area (Å²) in [5.41, 5.74) is 1.17. The maximum absolute atomic E-state index is 9.54. The number of aliphatic hydroxyl groups excluding tert-OH is 1. The maximum atomic E-state index is 9.54. The molecule has 106 valence electrons. The number of ether oxygens (including phenoxy) is 2. The van der Waals surface area contributed by atoms with E-state index in [2.05, 4.69) is 22.0 Å². The molecule has 0 radical (unpaired) electrons. The molecule has 0 spiro atoms. The molecule has 1 fully saturated rings. The minimum absolute atomic E-state index is 0.117. The Hall–Kier alpha value is -0.780. The van der Waals surface area contributed by atoms with Crippen molar-refractivity contribution in [1.29, 1.82) is 0 Å². The van der Waals surface area contributed by atoms with Gasteiger partial charge in [-0.3, -0.25) is 0 Å². The fourth-order valence-electron chi connectivity index (χ4n) is 2.52. The average Bonchev–Trinajstić information content (AvgIpc) is 2.42. The number of quaternary nitrogens is 1. The van der Waals surface area contributed by atoms with E-state index >= 15 is 0 Å². The van der Waals surface area contributed by atoms with E-state index in [0.29, 0.717) is 0 Å². The Bertz CT molecular complexity index is 431. The Morgan fingerprint density at radius 2 is 1.84 bits per heavy atom. The SMILES string of the molecule is COc1cc(OC)c(C[NH+]2CCC(O)CC2)cc1Br. The van der Waals surface area contributed by atoms with Crippen molar-refractivity contribution in [1.82, 2.24) is 0 Å². The van der Waals surface area contributed by atoms with Gasteiger partial charge in [0.1, 0.15) is 18.0 Å². The number of aliphatic hydroxyl groups is 1. The van der Waals surface area contributed by atoms with E-state index in [1.54, 1.807) is 14.2 Å². The second-order valence-electron chi connectivity index (χ2n) is 4.96. The second-order valence-corrected chi connectivity index (χ2v) is 5.81. The molecule has 5 heteroatoms. The summed E-state index contributed by atoms with van der Waals surface area (Å²) in [6.07, 6.45) is 1.65. The van der Waals surface area contributed by atoms with Gasteiger partial charge in [-0.1, -0.05) is 0 Å². The molecule has 4 nitrogen and oxygen atoms in total. The van der Waals surface area contributed by atoms with E-state index in [0.717, 1.165) is 48.4 Å². The number of likely N-dealkylation sites (tertiary alicyclic amines) is 1. The normalized spacial score (nSPS) is 23.2. The summed E-state index contributed by atoms with van der Waals surface area (Å²) in [7, 11) is 3.33. The second kappa shape index (κ2) is 6.59. The summed E-state index contributed by atoms with van der Waals surface area (Å²) in [6, 6.07) is 3.98. The van der Waals surface area contributed by atoms with Crippen molar-refractivity contribution < 1.29 is 19.5 Å². The zero-order chi connectivity index (χ0) is 13.8. The summed E-state index contributed by atoms with van der Waals surface area (Å²) < 4.78 is 11.7. The average molecular weight is 331 g/mol. The number of benzene rings is 1. The summed E-state index contributed by atoms with van der Waals surface area (Å²) in [5, 5.41) is 9.54. The molecule has 1 aliphatic rings. The van der Waals surface area contributed by atoms with E-state index < -0.39 is 0 Å².